The van der Waals surface area contributed by atoms with Gasteiger partial charge in [0.05, 0.1) is 10.6 Å². The standard InChI is InChI=1S/C28H28N6O8S/c1-16-2-9-20(10-3-16)43(40,41)33-21(28(38)39)13-31-24(35)14-34-22-11-8-19(12-23(22)42-15-25(34)36)32-27(37)18-6-4-17(5-7-18)26(29)30/h2-12,21,33H,13-15H2,1H3,(H3,29,30)(H,31,35)(H,32,37)(H,38,39)/t21-/m0/s1. The Morgan fingerprint density at radius 3 is 2.33 bits per heavy atom. The second kappa shape index (κ2) is 12.7. The van der Waals surface area contributed by atoms with E-state index in [1.165, 1.54) is 42.5 Å². The molecule has 0 aromatic heterocycles. The molecule has 43 heavy (non-hydrogen) atoms. The van der Waals surface area contributed by atoms with Crippen molar-refractivity contribution < 1.29 is 37.4 Å². The quantitative estimate of drug-likeness (QED) is 0.134. The number of amides is 3. The molecular formula is C28H28N6O8S. The van der Waals surface area contributed by atoms with E-state index < -0.39 is 59.5 Å². The van der Waals surface area contributed by atoms with E-state index in [0.29, 0.717) is 16.8 Å². The molecule has 0 radical (unpaired) electrons. The highest BCUT2D eigenvalue weighted by Gasteiger charge is 2.30. The first-order valence-electron chi connectivity index (χ1n) is 12.8. The topological polar surface area (TPSA) is 221 Å². The average Bonchev–Trinajstić information content (AvgIpc) is 2.96. The van der Waals surface area contributed by atoms with E-state index in [2.05, 4.69) is 15.4 Å². The van der Waals surface area contributed by atoms with Crippen molar-refractivity contribution >= 4 is 50.9 Å². The summed E-state index contributed by atoms with van der Waals surface area (Å²) in [7, 11) is -4.19. The van der Waals surface area contributed by atoms with Gasteiger partial charge in [0.2, 0.25) is 15.9 Å². The van der Waals surface area contributed by atoms with Gasteiger partial charge in [0.15, 0.2) is 6.61 Å². The van der Waals surface area contributed by atoms with Crippen LogP contribution in [0.15, 0.2) is 71.6 Å². The summed E-state index contributed by atoms with van der Waals surface area (Å²) < 4.78 is 32.8. The number of hydrogen-bond acceptors (Lipinski definition) is 8. The summed E-state index contributed by atoms with van der Waals surface area (Å²) in [6, 6.07) is 14.7. The third kappa shape index (κ3) is 7.52. The smallest absolute Gasteiger partial charge is 0.323 e. The summed E-state index contributed by atoms with van der Waals surface area (Å²) in [6.07, 6.45) is 0. The van der Waals surface area contributed by atoms with E-state index in [1.54, 1.807) is 31.2 Å². The summed E-state index contributed by atoms with van der Waals surface area (Å²) in [5, 5.41) is 22.0. The van der Waals surface area contributed by atoms with Crippen molar-refractivity contribution in [3.8, 4) is 5.75 Å². The molecule has 3 aromatic carbocycles. The Morgan fingerprint density at radius 1 is 1.05 bits per heavy atom. The number of nitrogens with two attached hydrogens (primary N) is 1. The van der Waals surface area contributed by atoms with Gasteiger partial charge in [-0.15, -0.1) is 0 Å². The average molecular weight is 609 g/mol. The number of nitrogens with zero attached hydrogens (tertiary/aromatic N) is 1. The van der Waals surface area contributed by atoms with E-state index in [-0.39, 0.29) is 22.2 Å². The first kappa shape index (κ1) is 30.7. The molecular weight excluding hydrogens is 580 g/mol. The Labute approximate surface area is 246 Å². The number of nitrogen functional groups attached to an aromatic ring is 1. The molecule has 3 aromatic rings. The van der Waals surface area contributed by atoms with E-state index in [0.717, 1.165) is 10.5 Å². The van der Waals surface area contributed by atoms with Gasteiger partial charge < -0.3 is 26.2 Å². The fourth-order valence-corrected chi connectivity index (χ4v) is 5.22. The van der Waals surface area contributed by atoms with Crippen LogP contribution in [-0.4, -0.2) is 68.8 Å². The van der Waals surface area contributed by atoms with Gasteiger partial charge >= 0.3 is 5.97 Å². The van der Waals surface area contributed by atoms with Crippen molar-refractivity contribution in [3.05, 3.63) is 83.4 Å². The number of carboxylic acids is 1. The number of carboxylic acid groups (broad SMARTS) is 1. The van der Waals surface area contributed by atoms with Gasteiger partial charge in [0.25, 0.3) is 11.8 Å². The number of carbonyl (C=O) groups excluding carboxylic acids is 3. The van der Waals surface area contributed by atoms with Crippen molar-refractivity contribution in [2.24, 2.45) is 5.73 Å². The zero-order valence-electron chi connectivity index (χ0n) is 22.8. The van der Waals surface area contributed by atoms with E-state index in [1.807, 2.05) is 0 Å². The number of aryl methyl sites for hydroxylation is 1. The second-order valence-corrected chi connectivity index (χ2v) is 11.2. The number of aliphatic carboxylic acids is 1. The molecule has 0 saturated carbocycles. The van der Waals surface area contributed by atoms with Crippen LogP contribution in [0.5, 0.6) is 5.75 Å². The lowest BCUT2D eigenvalue weighted by molar-refractivity contribution is -0.139. The first-order chi connectivity index (χ1) is 20.3. The molecule has 224 valence electrons. The van der Waals surface area contributed by atoms with Gasteiger partial charge in [-0.05, 0) is 43.3 Å². The molecule has 0 aliphatic carbocycles. The van der Waals surface area contributed by atoms with Crippen molar-refractivity contribution in [2.45, 2.75) is 17.9 Å². The highest BCUT2D eigenvalue weighted by molar-refractivity contribution is 7.89. The van der Waals surface area contributed by atoms with Gasteiger partial charge in [-0.2, -0.15) is 4.72 Å². The maximum absolute atomic E-state index is 12.7. The summed E-state index contributed by atoms with van der Waals surface area (Å²) in [5.41, 5.74) is 7.63. The molecule has 0 unspecified atom stereocenters. The fraction of sp³-hybridized carbons (Fsp3) is 0.179. The van der Waals surface area contributed by atoms with E-state index in [4.69, 9.17) is 15.9 Å². The zero-order valence-corrected chi connectivity index (χ0v) is 23.6. The van der Waals surface area contributed by atoms with Crippen LogP contribution in [0.25, 0.3) is 0 Å². The molecule has 3 amide bonds. The highest BCUT2D eigenvalue weighted by Crippen LogP contribution is 2.34. The molecule has 1 heterocycles. The minimum absolute atomic E-state index is 0.129. The molecule has 1 aliphatic heterocycles. The third-order valence-corrected chi connectivity index (χ3v) is 7.84. The van der Waals surface area contributed by atoms with Crippen molar-refractivity contribution in [1.29, 1.82) is 5.41 Å². The molecule has 0 spiro atoms. The summed E-state index contributed by atoms with van der Waals surface area (Å²) in [5.74, 6) is -3.15. The number of benzene rings is 3. The zero-order chi connectivity index (χ0) is 31.3. The molecule has 1 atom stereocenters. The summed E-state index contributed by atoms with van der Waals surface area (Å²) in [6.45, 7) is 0.300. The van der Waals surface area contributed by atoms with Crippen molar-refractivity contribution in [1.82, 2.24) is 10.0 Å². The number of nitrogens with one attached hydrogen (secondary N) is 4. The largest absolute Gasteiger partial charge is 0.481 e. The Hall–Kier alpha value is -5.28. The van der Waals surface area contributed by atoms with E-state index >= 15 is 0 Å². The second-order valence-electron chi connectivity index (χ2n) is 9.53. The number of ether oxygens (including phenoxy) is 1. The number of hydrogen-bond donors (Lipinski definition) is 6. The molecule has 15 heteroatoms. The van der Waals surface area contributed by atoms with Gasteiger partial charge in [-0.1, -0.05) is 29.8 Å². The Morgan fingerprint density at radius 2 is 1.70 bits per heavy atom. The summed E-state index contributed by atoms with van der Waals surface area (Å²) in [4.78, 5) is 50.6. The summed E-state index contributed by atoms with van der Waals surface area (Å²) >= 11 is 0. The van der Waals surface area contributed by atoms with Crippen molar-refractivity contribution in [2.75, 3.05) is 29.9 Å². The van der Waals surface area contributed by atoms with Crippen LogP contribution in [0.2, 0.25) is 0 Å². The van der Waals surface area contributed by atoms with Gasteiger partial charge in [-0.25, -0.2) is 8.42 Å². The molecule has 0 bridgehead atoms. The van der Waals surface area contributed by atoms with Crippen LogP contribution < -0.4 is 30.7 Å². The molecule has 0 fully saturated rings. The van der Waals surface area contributed by atoms with Gasteiger partial charge in [-0.3, -0.25) is 29.5 Å². The highest BCUT2D eigenvalue weighted by atomic mass is 32.2. The number of anilines is 2. The fourth-order valence-electron chi connectivity index (χ4n) is 4.03. The predicted octanol–water partition coefficient (Wildman–Crippen LogP) is 0.805. The number of fused-ring (bicyclic) bond motifs is 1. The van der Waals surface area contributed by atoms with Crippen LogP contribution >= 0.6 is 0 Å². The van der Waals surface area contributed by atoms with Crippen LogP contribution in [0.1, 0.15) is 21.5 Å². The molecule has 14 nitrogen and oxygen atoms in total. The molecule has 4 rings (SSSR count). The van der Waals surface area contributed by atoms with Gasteiger partial charge in [0, 0.05) is 29.4 Å². The number of carbonyl (C=O) groups is 4. The Balaban J connectivity index is 1.39. The predicted molar refractivity (Wildman–Crippen MR) is 156 cm³/mol. The number of rotatable bonds is 11. The lowest BCUT2D eigenvalue weighted by atomic mass is 10.1. The van der Waals surface area contributed by atoms with Crippen LogP contribution in [0.4, 0.5) is 11.4 Å². The normalized spacial score (nSPS) is 13.3. The van der Waals surface area contributed by atoms with Crippen molar-refractivity contribution in [3.63, 3.8) is 0 Å². The first-order valence-corrected chi connectivity index (χ1v) is 14.2. The van der Waals surface area contributed by atoms with Crippen LogP contribution in [0.3, 0.4) is 0 Å². The Kier molecular flexibility index (Phi) is 9.06. The Bertz CT molecular complexity index is 1690. The maximum atomic E-state index is 12.7. The molecule has 0 saturated heterocycles. The lowest BCUT2D eigenvalue weighted by Crippen LogP contribution is -2.51. The SMILES string of the molecule is Cc1ccc(S(=O)(=O)N[C@@H](CNC(=O)CN2C(=O)COc3cc(NC(=O)c4ccc(C(=N)N)cc4)ccc32)C(=O)O)cc1. The maximum Gasteiger partial charge on any atom is 0.323 e. The van der Waals surface area contributed by atoms with Crippen LogP contribution in [-0.2, 0) is 24.4 Å². The third-order valence-electron chi connectivity index (χ3n) is 6.35. The minimum atomic E-state index is -4.19. The number of sulfonamides is 1. The van der Waals surface area contributed by atoms with E-state index in [9.17, 15) is 32.7 Å². The van der Waals surface area contributed by atoms with Crippen LogP contribution in [0, 0.1) is 12.3 Å². The lowest BCUT2D eigenvalue weighted by Gasteiger charge is -2.29. The molecule has 1 aliphatic rings. The van der Waals surface area contributed by atoms with Gasteiger partial charge in [0.1, 0.15) is 24.2 Å². The number of amidine groups is 1. The monoisotopic (exact) mass is 608 g/mol. The molecule has 7 N–H and O–H groups in total. The minimum Gasteiger partial charge on any atom is -0.481 e.